The Hall–Kier alpha value is -2.59. The molecule has 1 amide bonds. The number of carbonyl (C=O) groups is 1. The fourth-order valence-electron chi connectivity index (χ4n) is 3.37. The van der Waals surface area contributed by atoms with Crippen LogP contribution in [0.4, 0.5) is 11.4 Å². The summed E-state index contributed by atoms with van der Waals surface area (Å²) in [5.74, 6) is 0.0860. The zero-order valence-corrected chi connectivity index (χ0v) is 15.5. The van der Waals surface area contributed by atoms with Crippen LogP contribution in [-0.4, -0.2) is 5.91 Å². The monoisotopic (exact) mass is 362 g/mol. The molecule has 4 rings (SSSR count). The van der Waals surface area contributed by atoms with Crippen LogP contribution in [-0.2, 0) is 24.3 Å². The van der Waals surface area contributed by atoms with Crippen LogP contribution >= 0.6 is 11.3 Å². The highest BCUT2D eigenvalue weighted by Gasteiger charge is 2.18. The quantitative estimate of drug-likeness (QED) is 0.651. The second-order valence-electron chi connectivity index (χ2n) is 6.65. The molecule has 4 heteroatoms. The molecule has 0 fully saturated rings. The van der Waals surface area contributed by atoms with Gasteiger partial charge in [0.1, 0.15) is 0 Å². The lowest BCUT2D eigenvalue weighted by atomic mass is 10.1. The van der Waals surface area contributed by atoms with Gasteiger partial charge >= 0.3 is 0 Å². The first-order valence-electron chi connectivity index (χ1n) is 9.02. The molecule has 0 spiro atoms. The number of carbonyl (C=O) groups excluding carboxylic acids is 1. The van der Waals surface area contributed by atoms with E-state index in [1.807, 2.05) is 12.1 Å². The molecule has 0 bridgehead atoms. The normalized spacial score (nSPS) is 12.8. The number of anilines is 2. The molecule has 1 aliphatic rings. The van der Waals surface area contributed by atoms with Crippen LogP contribution in [0.2, 0.25) is 0 Å². The average Bonchev–Trinajstić information content (AvgIpc) is 3.31. The summed E-state index contributed by atoms with van der Waals surface area (Å²) in [6.07, 6.45) is 2.41. The summed E-state index contributed by atoms with van der Waals surface area (Å²) in [5, 5.41) is 5.08. The Morgan fingerprint density at radius 3 is 2.35 bits per heavy atom. The van der Waals surface area contributed by atoms with E-state index in [1.54, 1.807) is 11.3 Å². The van der Waals surface area contributed by atoms with E-state index in [0.29, 0.717) is 6.42 Å². The molecule has 1 aliphatic heterocycles. The van der Waals surface area contributed by atoms with Gasteiger partial charge in [0, 0.05) is 35.8 Å². The molecular formula is C22H22N2OS. The van der Waals surface area contributed by atoms with Crippen molar-refractivity contribution in [2.75, 3.05) is 10.2 Å². The SMILES string of the molecule is O=C(CCCc1cccs1)Nc1ccc(N2Cc3ccccc3C2)cc1. The molecule has 0 radical (unpaired) electrons. The molecule has 2 aromatic carbocycles. The van der Waals surface area contributed by atoms with Crippen LogP contribution in [0.5, 0.6) is 0 Å². The maximum atomic E-state index is 12.1. The fraction of sp³-hybridized carbons (Fsp3) is 0.227. The topological polar surface area (TPSA) is 32.3 Å². The van der Waals surface area contributed by atoms with Crippen molar-refractivity contribution in [1.82, 2.24) is 0 Å². The summed E-state index contributed by atoms with van der Waals surface area (Å²) in [6.45, 7) is 1.90. The summed E-state index contributed by atoms with van der Waals surface area (Å²) in [6, 6.07) is 20.9. The number of rotatable bonds is 6. The van der Waals surface area contributed by atoms with E-state index in [4.69, 9.17) is 0 Å². The third kappa shape index (κ3) is 3.97. The van der Waals surface area contributed by atoms with E-state index < -0.39 is 0 Å². The lowest BCUT2D eigenvalue weighted by Gasteiger charge is -2.18. The maximum Gasteiger partial charge on any atom is 0.224 e. The number of aryl methyl sites for hydroxylation is 1. The third-order valence-corrected chi connectivity index (χ3v) is 5.70. The molecule has 3 nitrogen and oxygen atoms in total. The zero-order valence-electron chi connectivity index (χ0n) is 14.7. The van der Waals surface area contributed by atoms with Crippen molar-refractivity contribution in [2.24, 2.45) is 0 Å². The number of benzene rings is 2. The highest BCUT2D eigenvalue weighted by atomic mass is 32.1. The molecule has 1 aromatic heterocycles. The molecule has 0 atom stereocenters. The summed E-state index contributed by atoms with van der Waals surface area (Å²) in [5.41, 5.74) is 4.86. The number of thiophene rings is 1. The van der Waals surface area contributed by atoms with E-state index >= 15 is 0 Å². The van der Waals surface area contributed by atoms with E-state index in [2.05, 4.69) is 64.1 Å². The summed E-state index contributed by atoms with van der Waals surface area (Å²) in [7, 11) is 0. The Kier molecular flexibility index (Phi) is 5.02. The minimum Gasteiger partial charge on any atom is -0.363 e. The summed E-state index contributed by atoms with van der Waals surface area (Å²) >= 11 is 1.75. The van der Waals surface area contributed by atoms with Crippen molar-refractivity contribution in [3.63, 3.8) is 0 Å². The van der Waals surface area contributed by atoms with Crippen molar-refractivity contribution in [3.05, 3.63) is 82.0 Å². The van der Waals surface area contributed by atoms with Crippen LogP contribution in [0.1, 0.15) is 28.8 Å². The van der Waals surface area contributed by atoms with Gasteiger partial charge in [-0.1, -0.05) is 30.3 Å². The van der Waals surface area contributed by atoms with Gasteiger partial charge in [-0.05, 0) is 59.7 Å². The Balaban J connectivity index is 1.28. The summed E-state index contributed by atoms with van der Waals surface area (Å²) < 4.78 is 0. The maximum absolute atomic E-state index is 12.1. The van der Waals surface area contributed by atoms with Crippen molar-refractivity contribution in [3.8, 4) is 0 Å². The molecule has 3 aromatic rings. The van der Waals surface area contributed by atoms with Gasteiger partial charge in [-0.2, -0.15) is 0 Å². The minimum absolute atomic E-state index is 0.0860. The second kappa shape index (κ2) is 7.75. The van der Waals surface area contributed by atoms with Crippen molar-refractivity contribution in [2.45, 2.75) is 32.4 Å². The largest absolute Gasteiger partial charge is 0.363 e. The van der Waals surface area contributed by atoms with Gasteiger partial charge < -0.3 is 10.2 Å². The Labute approximate surface area is 158 Å². The number of nitrogens with zero attached hydrogens (tertiary/aromatic N) is 1. The van der Waals surface area contributed by atoms with Crippen molar-refractivity contribution in [1.29, 1.82) is 0 Å². The molecule has 2 heterocycles. The van der Waals surface area contributed by atoms with Crippen LogP contribution in [0.3, 0.4) is 0 Å². The van der Waals surface area contributed by atoms with Gasteiger partial charge in [0.25, 0.3) is 0 Å². The number of nitrogens with one attached hydrogen (secondary N) is 1. The van der Waals surface area contributed by atoms with Gasteiger partial charge in [0.15, 0.2) is 0 Å². The lowest BCUT2D eigenvalue weighted by molar-refractivity contribution is -0.116. The van der Waals surface area contributed by atoms with Gasteiger partial charge in [0.05, 0.1) is 0 Å². The number of amides is 1. The van der Waals surface area contributed by atoms with Gasteiger partial charge in [-0.3, -0.25) is 4.79 Å². The molecule has 132 valence electrons. The van der Waals surface area contributed by atoms with Crippen molar-refractivity contribution < 1.29 is 4.79 Å². The molecule has 0 aliphatic carbocycles. The van der Waals surface area contributed by atoms with Gasteiger partial charge in [-0.25, -0.2) is 0 Å². The highest BCUT2D eigenvalue weighted by Crippen LogP contribution is 2.28. The fourth-order valence-corrected chi connectivity index (χ4v) is 4.12. The third-order valence-electron chi connectivity index (χ3n) is 4.76. The Morgan fingerprint density at radius 2 is 1.69 bits per heavy atom. The first-order valence-corrected chi connectivity index (χ1v) is 9.90. The van der Waals surface area contributed by atoms with Crippen LogP contribution in [0.15, 0.2) is 66.0 Å². The van der Waals surface area contributed by atoms with Gasteiger partial charge in [0.2, 0.25) is 5.91 Å². The van der Waals surface area contributed by atoms with E-state index in [1.165, 1.54) is 21.7 Å². The molecule has 0 saturated heterocycles. The molecular weight excluding hydrogens is 340 g/mol. The number of hydrogen-bond donors (Lipinski definition) is 1. The van der Waals surface area contributed by atoms with E-state index in [-0.39, 0.29) is 5.91 Å². The zero-order chi connectivity index (χ0) is 17.8. The Morgan fingerprint density at radius 1 is 0.962 bits per heavy atom. The average molecular weight is 362 g/mol. The predicted octanol–water partition coefficient (Wildman–Crippen LogP) is 5.23. The Bertz CT molecular complexity index is 846. The minimum atomic E-state index is 0.0860. The molecule has 0 saturated carbocycles. The molecule has 26 heavy (non-hydrogen) atoms. The van der Waals surface area contributed by atoms with E-state index in [9.17, 15) is 4.79 Å². The second-order valence-corrected chi connectivity index (χ2v) is 7.68. The van der Waals surface area contributed by atoms with E-state index in [0.717, 1.165) is 31.6 Å². The molecule has 1 N–H and O–H groups in total. The smallest absolute Gasteiger partial charge is 0.224 e. The van der Waals surface area contributed by atoms with Crippen LogP contribution in [0, 0.1) is 0 Å². The number of fused-ring (bicyclic) bond motifs is 1. The molecule has 0 unspecified atom stereocenters. The lowest BCUT2D eigenvalue weighted by Crippen LogP contribution is -2.15. The van der Waals surface area contributed by atoms with Crippen LogP contribution < -0.4 is 10.2 Å². The summed E-state index contributed by atoms with van der Waals surface area (Å²) in [4.78, 5) is 15.8. The van der Waals surface area contributed by atoms with Crippen LogP contribution in [0.25, 0.3) is 0 Å². The highest BCUT2D eigenvalue weighted by molar-refractivity contribution is 7.09. The van der Waals surface area contributed by atoms with Crippen molar-refractivity contribution >= 4 is 28.6 Å². The number of hydrogen-bond acceptors (Lipinski definition) is 3. The predicted molar refractivity (Wildman–Crippen MR) is 109 cm³/mol. The standard InChI is InChI=1S/C22H22N2OS/c25-22(9-3-7-21-8-4-14-26-21)23-19-10-12-20(13-11-19)24-15-17-5-1-2-6-18(17)16-24/h1-2,4-6,8,10-14H,3,7,9,15-16H2,(H,23,25). The van der Waals surface area contributed by atoms with Gasteiger partial charge in [-0.15, -0.1) is 11.3 Å². The first-order chi connectivity index (χ1) is 12.8. The first kappa shape index (κ1) is 16.9.